The van der Waals surface area contributed by atoms with Crippen LogP contribution in [-0.4, -0.2) is 57.8 Å². The van der Waals surface area contributed by atoms with Crippen LogP contribution in [0.2, 0.25) is 0 Å². The molecule has 3 aromatic rings. The van der Waals surface area contributed by atoms with Crippen LogP contribution in [0.3, 0.4) is 0 Å². The van der Waals surface area contributed by atoms with Gasteiger partial charge in [-0.1, -0.05) is 18.2 Å². The maximum absolute atomic E-state index is 5.96. The van der Waals surface area contributed by atoms with Crippen molar-refractivity contribution in [2.45, 2.75) is 0 Å². The highest BCUT2D eigenvalue weighted by molar-refractivity contribution is 5.73. The van der Waals surface area contributed by atoms with Crippen LogP contribution in [0.25, 0.3) is 0 Å². The summed E-state index contributed by atoms with van der Waals surface area (Å²) in [4.78, 5) is 4.18. The van der Waals surface area contributed by atoms with Gasteiger partial charge < -0.3 is 29.0 Å². The second-order valence-corrected chi connectivity index (χ2v) is 7.23. The van der Waals surface area contributed by atoms with E-state index in [-0.39, 0.29) is 0 Å². The fraction of sp³-hybridized carbons (Fsp3) is 0.320. The highest BCUT2D eigenvalue weighted by atomic mass is 16.6. The minimum absolute atomic E-state index is 0.394. The number of aromatic nitrogens is 1. The molecule has 0 unspecified atom stereocenters. The van der Waals surface area contributed by atoms with Crippen molar-refractivity contribution in [1.82, 2.24) is 4.98 Å². The summed E-state index contributed by atoms with van der Waals surface area (Å²) in [6.07, 6.45) is 1.68. The average Bonchev–Trinajstić information content (AvgIpc) is 2.88. The first-order chi connectivity index (χ1) is 16.9. The predicted octanol–water partition coefficient (Wildman–Crippen LogP) is 5.06. The Morgan fingerprint density at radius 1 is 0.647 bits per heavy atom. The second kappa shape index (κ2) is 13.2. The number of para-hydroxylation sites is 1. The quantitative estimate of drug-likeness (QED) is 0.539. The van der Waals surface area contributed by atoms with Crippen LogP contribution in [0.4, 0.5) is 22.9 Å². The van der Waals surface area contributed by atoms with E-state index in [4.69, 9.17) is 23.7 Å². The van der Waals surface area contributed by atoms with Gasteiger partial charge in [0.2, 0.25) is 0 Å². The molecule has 0 amide bonds. The van der Waals surface area contributed by atoms with Gasteiger partial charge in [0.05, 0.1) is 45.3 Å². The van der Waals surface area contributed by atoms with Crippen LogP contribution in [-0.2, 0) is 14.2 Å². The molecule has 0 saturated heterocycles. The van der Waals surface area contributed by atoms with Crippen LogP contribution in [0.5, 0.6) is 11.5 Å². The standard InChI is InChI=1S/C25H28N4O5/c1-2-6-22(28-29-25-7-3-4-10-26-25)21(5-1)27-20-8-9-23-24(19-20)34-18-16-32-14-12-30-11-13-31-15-17-33-23/h1-10,19,27H,11-18H2. The molecule has 1 aliphatic heterocycles. The summed E-state index contributed by atoms with van der Waals surface area (Å²) in [6, 6.07) is 18.9. The van der Waals surface area contributed by atoms with Gasteiger partial charge in [0.1, 0.15) is 18.9 Å². The molecular formula is C25H28N4O5. The number of nitrogens with zero attached hydrogens (tertiary/aromatic N) is 3. The van der Waals surface area contributed by atoms with Gasteiger partial charge >= 0.3 is 0 Å². The van der Waals surface area contributed by atoms with Gasteiger partial charge in [-0.15, -0.1) is 10.2 Å². The molecule has 178 valence electrons. The Bertz CT molecular complexity index is 1050. The van der Waals surface area contributed by atoms with Crippen molar-refractivity contribution in [3.8, 4) is 11.5 Å². The van der Waals surface area contributed by atoms with Crippen LogP contribution < -0.4 is 14.8 Å². The molecule has 0 radical (unpaired) electrons. The zero-order valence-electron chi connectivity index (χ0n) is 18.9. The number of azo groups is 1. The molecule has 1 aliphatic rings. The maximum atomic E-state index is 5.96. The molecule has 0 bridgehead atoms. The van der Waals surface area contributed by atoms with Gasteiger partial charge in [-0.3, -0.25) is 0 Å². The summed E-state index contributed by atoms with van der Waals surface area (Å²) in [5.41, 5.74) is 2.32. The Hall–Kier alpha value is -3.53. The summed E-state index contributed by atoms with van der Waals surface area (Å²) in [6.45, 7) is 3.82. The minimum atomic E-state index is 0.394. The van der Waals surface area contributed by atoms with Crippen LogP contribution in [0, 0.1) is 0 Å². The molecule has 2 aromatic carbocycles. The van der Waals surface area contributed by atoms with Crippen LogP contribution >= 0.6 is 0 Å². The van der Waals surface area contributed by atoms with Crippen molar-refractivity contribution in [3.63, 3.8) is 0 Å². The number of pyridine rings is 1. The number of fused-ring (bicyclic) bond motifs is 1. The van der Waals surface area contributed by atoms with Crippen molar-refractivity contribution in [2.75, 3.05) is 58.2 Å². The third-order valence-corrected chi connectivity index (χ3v) is 4.75. The largest absolute Gasteiger partial charge is 0.487 e. The summed E-state index contributed by atoms with van der Waals surface area (Å²) < 4.78 is 28.4. The number of benzene rings is 2. The van der Waals surface area contributed by atoms with Crippen molar-refractivity contribution < 1.29 is 23.7 Å². The van der Waals surface area contributed by atoms with Gasteiger partial charge in [0, 0.05) is 18.0 Å². The average molecular weight is 465 g/mol. The molecule has 1 aromatic heterocycles. The number of hydrogen-bond acceptors (Lipinski definition) is 9. The van der Waals surface area contributed by atoms with E-state index in [1.54, 1.807) is 12.3 Å². The number of anilines is 2. The van der Waals surface area contributed by atoms with E-state index in [1.165, 1.54) is 0 Å². The topological polar surface area (TPSA) is 95.8 Å². The first kappa shape index (κ1) is 23.6. The molecule has 2 heterocycles. The molecule has 0 fully saturated rings. The Morgan fingerprint density at radius 3 is 2.06 bits per heavy atom. The van der Waals surface area contributed by atoms with E-state index in [1.807, 2.05) is 54.6 Å². The maximum Gasteiger partial charge on any atom is 0.174 e. The lowest BCUT2D eigenvalue weighted by atomic mass is 10.2. The van der Waals surface area contributed by atoms with E-state index >= 15 is 0 Å². The third kappa shape index (κ3) is 7.51. The number of ether oxygens (including phenoxy) is 5. The Balaban J connectivity index is 1.47. The molecule has 4 rings (SSSR count). The lowest BCUT2D eigenvalue weighted by Crippen LogP contribution is -2.13. The Labute approximate surface area is 198 Å². The van der Waals surface area contributed by atoms with Crippen molar-refractivity contribution in [3.05, 3.63) is 66.9 Å². The zero-order valence-corrected chi connectivity index (χ0v) is 18.9. The Morgan fingerprint density at radius 2 is 1.32 bits per heavy atom. The van der Waals surface area contributed by atoms with E-state index < -0.39 is 0 Å². The molecule has 0 spiro atoms. The fourth-order valence-electron chi connectivity index (χ4n) is 3.12. The summed E-state index contributed by atoms with van der Waals surface area (Å²) in [5.74, 6) is 1.80. The van der Waals surface area contributed by atoms with Crippen LogP contribution in [0.1, 0.15) is 0 Å². The predicted molar refractivity (Wildman–Crippen MR) is 128 cm³/mol. The first-order valence-electron chi connectivity index (χ1n) is 11.2. The van der Waals surface area contributed by atoms with Crippen LogP contribution in [0.15, 0.2) is 77.1 Å². The Kier molecular flexibility index (Phi) is 9.20. The van der Waals surface area contributed by atoms with Crippen molar-refractivity contribution in [2.24, 2.45) is 10.2 Å². The first-order valence-corrected chi connectivity index (χ1v) is 11.2. The molecule has 9 heteroatoms. The molecule has 0 saturated carbocycles. The van der Waals surface area contributed by atoms with E-state index in [9.17, 15) is 0 Å². The van der Waals surface area contributed by atoms with Gasteiger partial charge in [-0.25, -0.2) is 4.98 Å². The number of rotatable bonds is 4. The molecular weight excluding hydrogens is 436 g/mol. The molecule has 0 aliphatic carbocycles. The summed E-state index contributed by atoms with van der Waals surface area (Å²) in [7, 11) is 0. The lowest BCUT2D eigenvalue weighted by Gasteiger charge is -2.15. The summed E-state index contributed by atoms with van der Waals surface area (Å²) >= 11 is 0. The zero-order chi connectivity index (χ0) is 23.3. The normalized spacial score (nSPS) is 15.9. The van der Waals surface area contributed by atoms with Crippen molar-refractivity contribution in [1.29, 1.82) is 0 Å². The van der Waals surface area contributed by atoms with Gasteiger partial charge in [-0.05, 0) is 36.4 Å². The molecule has 0 atom stereocenters. The molecule has 34 heavy (non-hydrogen) atoms. The van der Waals surface area contributed by atoms with Gasteiger partial charge in [-0.2, -0.15) is 0 Å². The van der Waals surface area contributed by atoms with Crippen molar-refractivity contribution >= 4 is 22.9 Å². The lowest BCUT2D eigenvalue weighted by molar-refractivity contribution is 0.00708. The SMILES string of the molecule is c1ccc(N=Nc2ccccc2Nc2ccc3c(c2)OCCOCCOCCOCCO3)nc1. The van der Waals surface area contributed by atoms with Gasteiger partial charge in [0.25, 0.3) is 0 Å². The highest BCUT2D eigenvalue weighted by Crippen LogP contribution is 2.34. The second-order valence-electron chi connectivity index (χ2n) is 7.23. The fourth-order valence-corrected chi connectivity index (χ4v) is 3.12. The smallest absolute Gasteiger partial charge is 0.174 e. The van der Waals surface area contributed by atoms with E-state index in [0.29, 0.717) is 75.9 Å². The van der Waals surface area contributed by atoms with E-state index in [2.05, 4.69) is 20.5 Å². The van der Waals surface area contributed by atoms with Gasteiger partial charge in [0.15, 0.2) is 17.3 Å². The summed E-state index contributed by atoms with van der Waals surface area (Å²) in [5, 5.41) is 12.0. The molecule has 1 N–H and O–H groups in total. The number of nitrogens with one attached hydrogen (secondary N) is 1. The molecule has 9 nitrogen and oxygen atoms in total. The third-order valence-electron chi connectivity index (χ3n) is 4.75. The minimum Gasteiger partial charge on any atom is -0.487 e. The monoisotopic (exact) mass is 464 g/mol. The number of hydrogen-bond donors (Lipinski definition) is 1. The highest BCUT2D eigenvalue weighted by Gasteiger charge is 2.10. The van der Waals surface area contributed by atoms with E-state index in [0.717, 1.165) is 11.4 Å².